The maximum atomic E-state index is 6.22. The van der Waals surface area contributed by atoms with Gasteiger partial charge in [-0.05, 0) is 62.1 Å². The SMILES string of the molecule is C#Cc1ccc(C#C)c(C#Cc2cc(OCCC)c(C#Cc3cc(OCCC)c(C#Cc4cc(C#C)ccc4C#C)cc3OCCC)cc2OCCC)c1. The van der Waals surface area contributed by atoms with Crippen LogP contribution < -0.4 is 18.9 Å². The van der Waals surface area contributed by atoms with Crippen molar-refractivity contribution in [3.05, 3.63) is 116 Å². The summed E-state index contributed by atoms with van der Waals surface area (Å²) in [6, 6.07) is 18.3. The first-order valence-electron chi connectivity index (χ1n) is 18.0. The van der Waals surface area contributed by atoms with Crippen molar-refractivity contribution in [3.63, 3.8) is 0 Å². The Bertz CT molecular complexity index is 2180. The molecule has 0 aliphatic rings. The topological polar surface area (TPSA) is 36.9 Å². The van der Waals surface area contributed by atoms with Gasteiger partial charge in [0.15, 0.2) is 0 Å². The summed E-state index contributed by atoms with van der Waals surface area (Å²) < 4.78 is 24.8. The molecule has 0 saturated carbocycles. The summed E-state index contributed by atoms with van der Waals surface area (Å²) in [6.07, 6.45) is 26.0. The Morgan fingerprint density at radius 1 is 0.352 bits per heavy atom. The molecule has 0 unspecified atom stereocenters. The van der Waals surface area contributed by atoms with Crippen LogP contribution in [0.5, 0.6) is 23.0 Å². The van der Waals surface area contributed by atoms with Gasteiger partial charge in [0.2, 0.25) is 0 Å². The molecule has 0 N–H and O–H groups in total. The van der Waals surface area contributed by atoms with Gasteiger partial charge in [-0.25, -0.2) is 0 Å². The highest BCUT2D eigenvalue weighted by Gasteiger charge is 2.14. The van der Waals surface area contributed by atoms with E-state index in [1.54, 1.807) is 24.3 Å². The second-order valence-corrected chi connectivity index (χ2v) is 11.9. The van der Waals surface area contributed by atoms with Crippen molar-refractivity contribution in [3.8, 4) is 108 Å². The van der Waals surface area contributed by atoms with E-state index in [9.17, 15) is 0 Å². The van der Waals surface area contributed by atoms with Crippen LogP contribution in [0.15, 0.2) is 60.7 Å². The van der Waals surface area contributed by atoms with Gasteiger partial charge in [0, 0.05) is 57.6 Å². The summed E-state index contributed by atoms with van der Waals surface area (Å²) in [7, 11) is 0. The fraction of sp³-hybridized carbons (Fsp3) is 0.240. The minimum Gasteiger partial charge on any atom is -0.492 e. The first kappa shape index (κ1) is 39.8. The lowest BCUT2D eigenvalue weighted by Crippen LogP contribution is -2.03. The molecule has 0 saturated heterocycles. The van der Waals surface area contributed by atoms with Crippen LogP contribution in [0.3, 0.4) is 0 Å². The van der Waals surface area contributed by atoms with Gasteiger partial charge in [0.1, 0.15) is 23.0 Å². The van der Waals surface area contributed by atoms with Gasteiger partial charge in [-0.15, -0.1) is 25.7 Å². The summed E-state index contributed by atoms with van der Waals surface area (Å²) in [5.41, 5.74) is 6.54. The van der Waals surface area contributed by atoms with E-state index in [0.29, 0.717) is 105 Å². The third-order valence-electron chi connectivity index (χ3n) is 7.69. The number of hydrogen-bond acceptors (Lipinski definition) is 4. The van der Waals surface area contributed by atoms with Gasteiger partial charge in [-0.2, -0.15) is 0 Å². The molecule has 266 valence electrons. The van der Waals surface area contributed by atoms with Gasteiger partial charge in [0.25, 0.3) is 0 Å². The Kier molecular flexibility index (Phi) is 15.3. The summed E-state index contributed by atoms with van der Waals surface area (Å²) in [5.74, 6) is 32.5. The van der Waals surface area contributed by atoms with Gasteiger partial charge in [0.05, 0.1) is 48.7 Å². The van der Waals surface area contributed by atoms with Crippen LogP contribution in [0, 0.1) is 84.9 Å². The highest BCUT2D eigenvalue weighted by atomic mass is 16.5. The van der Waals surface area contributed by atoms with Crippen molar-refractivity contribution >= 4 is 0 Å². The van der Waals surface area contributed by atoms with Crippen molar-refractivity contribution in [2.75, 3.05) is 26.4 Å². The van der Waals surface area contributed by atoms with Gasteiger partial charge >= 0.3 is 0 Å². The molecular formula is C50H42O4. The van der Waals surface area contributed by atoms with E-state index in [0.717, 1.165) is 25.7 Å². The lowest BCUT2D eigenvalue weighted by Gasteiger charge is -2.14. The molecule has 0 heterocycles. The minimum atomic E-state index is 0.487. The molecule has 4 nitrogen and oxygen atoms in total. The molecule has 0 radical (unpaired) electrons. The number of hydrogen-bond donors (Lipinski definition) is 0. The van der Waals surface area contributed by atoms with Crippen LogP contribution in [-0.2, 0) is 0 Å². The molecule has 0 amide bonds. The summed E-state index contributed by atoms with van der Waals surface area (Å²) >= 11 is 0. The summed E-state index contributed by atoms with van der Waals surface area (Å²) in [4.78, 5) is 0. The molecule has 0 aromatic heterocycles. The highest BCUT2D eigenvalue weighted by Crippen LogP contribution is 2.32. The molecule has 4 aromatic rings. The van der Waals surface area contributed by atoms with Crippen LogP contribution >= 0.6 is 0 Å². The average molecular weight is 707 g/mol. The zero-order valence-corrected chi connectivity index (χ0v) is 31.4. The van der Waals surface area contributed by atoms with Crippen molar-refractivity contribution in [1.29, 1.82) is 0 Å². The van der Waals surface area contributed by atoms with Crippen LogP contribution in [0.2, 0.25) is 0 Å². The molecule has 0 aliphatic heterocycles. The number of terminal acetylenes is 4. The molecule has 0 fully saturated rings. The van der Waals surface area contributed by atoms with E-state index >= 15 is 0 Å². The zero-order valence-electron chi connectivity index (χ0n) is 31.4. The van der Waals surface area contributed by atoms with E-state index in [1.807, 2.05) is 64.1 Å². The number of rotatable bonds is 12. The monoisotopic (exact) mass is 706 g/mol. The molecule has 54 heavy (non-hydrogen) atoms. The minimum absolute atomic E-state index is 0.487. The number of benzene rings is 4. The quantitative estimate of drug-likeness (QED) is 0.138. The molecule has 0 spiro atoms. The Hall–Kier alpha value is -7.00. The molecule has 0 bridgehead atoms. The lowest BCUT2D eigenvalue weighted by atomic mass is 10.0. The van der Waals surface area contributed by atoms with E-state index in [1.165, 1.54) is 0 Å². The fourth-order valence-electron chi connectivity index (χ4n) is 4.97. The lowest BCUT2D eigenvalue weighted by molar-refractivity contribution is 0.307. The molecule has 4 rings (SSSR count). The normalized spacial score (nSPS) is 9.56. The van der Waals surface area contributed by atoms with E-state index in [2.05, 4.69) is 59.2 Å². The maximum absolute atomic E-state index is 6.22. The number of ether oxygens (including phenoxy) is 4. The average Bonchev–Trinajstić information content (AvgIpc) is 3.21. The van der Waals surface area contributed by atoms with Crippen molar-refractivity contribution in [2.45, 2.75) is 53.4 Å². The summed E-state index contributed by atoms with van der Waals surface area (Å²) in [6.45, 7) is 10.1. The van der Waals surface area contributed by atoms with Gasteiger partial charge in [-0.3, -0.25) is 0 Å². The third-order valence-corrected chi connectivity index (χ3v) is 7.69. The van der Waals surface area contributed by atoms with E-state index < -0.39 is 0 Å². The second kappa shape index (κ2) is 20.8. The summed E-state index contributed by atoms with van der Waals surface area (Å²) in [5, 5.41) is 0. The Morgan fingerprint density at radius 3 is 0.870 bits per heavy atom. The smallest absolute Gasteiger partial charge is 0.136 e. The molecule has 0 atom stereocenters. The Morgan fingerprint density at radius 2 is 0.630 bits per heavy atom. The van der Waals surface area contributed by atoms with Crippen LogP contribution in [0.25, 0.3) is 0 Å². The van der Waals surface area contributed by atoms with Crippen LogP contribution in [-0.4, -0.2) is 26.4 Å². The third kappa shape index (κ3) is 10.8. The Labute approximate surface area is 322 Å². The zero-order chi connectivity index (χ0) is 38.7. The largest absolute Gasteiger partial charge is 0.492 e. The molecular weight excluding hydrogens is 665 g/mol. The molecule has 4 aromatic carbocycles. The molecule has 4 heteroatoms. The molecule has 0 aliphatic carbocycles. The predicted octanol–water partition coefficient (Wildman–Crippen LogP) is 8.97. The maximum Gasteiger partial charge on any atom is 0.136 e. The van der Waals surface area contributed by atoms with Gasteiger partial charge in [-0.1, -0.05) is 86.9 Å². The highest BCUT2D eigenvalue weighted by molar-refractivity contribution is 5.65. The van der Waals surface area contributed by atoms with Crippen molar-refractivity contribution < 1.29 is 18.9 Å². The van der Waals surface area contributed by atoms with Crippen molar-refractivity contribution in [1.82, 2.24) is 0 Å². The second-order valence-electron chi connectivity index (χ2n) is 11.9. The standard InChI is InChI=1S/C50H42O4/c1-9-27-51-47-35-45(49(53-29-11-3)33-43(47)23-21-41-31-37(13-5)17-19-39(41)15-7)25-26-46-36-48(52-28-10-2)44(34-50(46)54-30-12-4)24-22-42-32-38(14-6)18-20-40(42)16-8/h5-8,17-20,31-36H,9-12,27-30H2,1-4H3. The van der Waals surface area contributed by atoms with Crippen LogP contribution in [0.4, 0.5) is 0 Å². The van der Waals surface area contributed by atoms with Gasteiger partial charge < -0.3 is 18.9 Å². The first-order chi connectivity index (χ1) is 26.4. The van der Waals surface area contributed by atoms with E-state index in [-0.39, 0.29) is 0 Å². The van der Waals surface area contributed by atoms with Crippen molar-refractivity contribution in [2.24, 2.45) is 0 Å². The Balaban J connectivity index is 1.88. The first-order valence-corrected chi connectivity index (χ1v) is 18.0. The predicted molar refractivity (Wildman–Crippen MR) is 219 cm³/mol. The van der Waals surface area contributed by atoms with E-state index in [4.69, 9.17) is 44.6 Å². The fourth-order valence-corrected chi connectivity index (χ4v) is 4.97. The van der Waals surface area contributed by atoms with Crippen LogP contribution in [0.1, 0.15) is 109 Å².